The van der Waals surface area contributed by atoms with Crippen LogP contribution in [0.25, 0.3) is 0 Å². The molecule has 7 nitrogen and oxygen atoms in total. The third kappa shape index (κ3) is 9.83. The average Bonchev–Trinajstić information content (AvgIpc) is 3.23. The van der Waals surface area contributed by atoms with Crippen LogP contribution in [0.3, 0.4) is 0 Å². The monoisotopic (exact) mass is 722 g/mol. The summed E-state index contributed by atoms with van der Waals surface area (Å²) in [5.41, 5.74) is 0. The van der Waals surface area contributed by atoms with E-state index in [9.17, 15) is 0 Å². The first-order valence-corrected chi connectivity index (χ1v) is 17.6. The smallest absolute Gasteiger partial charge is 0.127 e. The third-order valence-corrected chi connectivity index (χ3v) is 8.08. The standard InChI is InChI=1S/C48H34O7/c1-3-7-35(8-4-1)49-37-11-15-39(16-12-37)51-41-19-23-43(24-20-41)53-45-27-31-47(32-28-45)55-48-33-29-46(30-34-48)54-44-25-21-42(22-26-44)52-40-17-13-38(14-18-40)50-36-9-5-2-6-10-36/h1-34H. The van der Waals surface area contributed by atoms with E-state index in [0.717, 1.165) is 23.0 Å². The molecule has 0 aliphatic carbocycles. The maximum absolute atomic E-state index is 6.05. The Morgan fingerprint density at radius 2 is 0.236 bits per heavy atom. The quantitative estimate of drug-likeness (QED) is 0.111. The Morgan fingerprint density at radius 1 is 0.127 bits per heavy atom. The first-order valence-electron chi connectivity index (χ1n) is 17.6. The predicted molar refractivity (Wildman–Crippen MR) is 212 cm³/mol. The highest BCUT2D eigenvalue weighted by molar-refractivity contribution is 5.44. The molecule has 8 rings (SSSR count). The summed E-state index contributed by atoms with van der Waals surface area (Å²) in [5.74, 6) is 9.94. The van der Waals surface area contributed by atoms with Gasteiger partial charge in [0.15, 0.2) is 0 Å². The molecule has 0 aliphatic rings. The van der Waals surface area contributed by atoms with Gasteiger partial charge in [-0.25, -0.2) is 0 Å². The summed E-state index contributed by atoms with van der Waals surface area (Å²) in [7, 11) is 0. The number of para-hydroxylation sites is 2. The molecule has 0 radical (unpaired) electrons. The van der Waals surface area contributed by atoms with E-state index in [1.54, 1.807) is 0 Å². The molecule has 7 heteroatoms. The van der Waals surface area contributed by atoms with Crippen LogP contribution in [0.1, 0.15) is 0 Å². The summed E-state index contributed by atoms with van der Waals surface area (Å²) >= 11 is 0. The molecule has 0 aliphatic heterocycles. The first-order chi connectivity index (χ1) is 27.1. The Bertz CT molecular complexity index is 2210. The van der Waals surface area contributed by atoms with Crippen LogP contribution in [0.2, 0.25) is 0 Å². The van der Waals surface area contributed by atoms with E-state index in [2.05, 4.69) is 0 Å². The summed E-state index contributed by atoms with van der Waals surface area (Å²) in [6, 6.07) is 64.1. The van der Waals surface area contributed by atoms with Crippen LogP contribution in [0.5, 0.6) is 80.5 Å². The molecule has 8 aromatic rings. The van der Waals surface area contributed by atoms with Crippen LogP contribution in [-0.4, -0.2) is 0 Å². The van der Waals surface area contributed by atoms with E-state index in [0.29, 0.717) is 57.5 Å². The predicted octanol–water partition coefficient (Wildman–Crippen LogP) is 14.2. The van der Waals surface area contributed by atoms with Crippen molar-refractivity contribution in [1.29, 1.82) is 0 Å². The minimum Gasteiger partial charge on any atom is -0.457 e. The number of hydrogen-bond donors (Lipinski definition) is 0. The molecular formula is C48H34O7. The summed E-state index contributed by atoms with van der Waals surface area (Å²) in [6.45, 7) is 0. The summed E-state index contributed by atoms with van der Waals surface area (Å²) < 4.78 is 41.8. The second kappa shape index (κ2) is 16.8. The Labute approximate surface area is 319 Å². The van der Waals surface area contributed by atoms with Crippen molar-refractivity contribution >= 4 is 0 Å². The van der Waals surface area contributed by atoms with Crippen LogP contribution < -0.4 is 33.2 Å². The Balaban J connectivity index is 0.780. The van der Waals surface area contributed by atoms with Gasteiger partial charge in [-0.05, 0) is 170 Å². The van der Waals surface area contributed by atoms with Crippen molar-refractivity contribution in [2.24, 2.45) is 0 Å². The fraction of sp³-hybridized carbons (Fsp3) is 0. The van der Waals surface area contributed by atoms with E-state index in [4.69, 9.17) is 33.2 Å². The maximum Gasteiger partial charge on any atom is 0.127 e. The van der Waals surface area contributed by atoms with E-state index in [1.807, 2.05) is 206 Å². The Hall–Kier alpha value is -7.64. The van der Waals surface area contributed by atoms with E-state index in [-0.39, 0.29) is 0 Å². The van der Waals surface area contributed by atoms with Crippen molar-refractivity contribution in [3.63, 3.8) is 0 Å². The van der Waals surface area contributed by atoms with Crippen LogP contribution in [-0.2, 0) is 0 Å². The minimum absolute atomic E-state index is 0.680. The minimum atomic E-state index is 0.680. The molecule has 0 N–H and O–H groups in total. The maximum atomic E-state index is 6.05. The molecule has 55 heavy (non-hydrogen) atoms. The molecule has 0 bridgehead atoms. The van der Waals surface area contributed by atoms with Gasteiger partial charge in [0.2, 0.25) is 0 Å². The zero-order chi connectivity index (χ0) is 37.1. The second-order valence-electron chi connectivity index (χ2n) is 12.2. The van der Waals surface area contributed by atoms with E-state index >= 15 is 0 Å². The average molecular weight is 723 g/mol. The number of ether oxygens (including phenoxy) is 7. The number of hydrogen-bond acceptors (Lipinski definition) is 7. The SMILES string of the molecule is c1ccc(Oc2ccc(Oc3ccc(Oc4ccc(Oc5ccc(Oc6ccc(Oc7ccc(Oc8ccccc8)cc7)cc6)cc5)cc4)cc3)cc2)cc1. The summed E-state index contributed by atoms with van der Waals surface area (Å²) in [4.78, 5) is 0. The van der Waals surface area contributed by atoms with Crippen LogP contribution in [0.15, 0.2) is 206 Å². The summed E-state index contributed by atoms with van der Waals surface area (Å²) in [6.07, 6.45) is 0. The lowest BCUT2D eigenvalue weighted by Gasteiger charge is -2.11. The summed E-state index contributed by atoms with van der Waals surface area (Å²) in [5, 5.41) is 0. The number of rotatable bonds is 14. The third-order valence-electron chi connectivity index (χ3n) is 8.08. The van der Waals surface area contributed by atoms with Crippen molar-refractivity contribution < 1.29 is 33.2 Å². The molecule has 0 spiro atoms. The van der Waals surface area contributed by atoms with Gasteiger partial charge in [0.1, 0.15) is 80.5 Å². The molecule has 0 unspecified atom stereocenters. The van der Waals surface area contributed by atoms with Gasteiger partial charge in [-0.15, -0.1) is 0 Å². The fourth-order valence-corrected chi connectivity index (χ4v) is 5.38. The van der Waals surface area contributed by atoms with E-state index in [1.165, 1.54) is 0 Å². The highest BCUT2D eigenvalue weighted by Gasteiger charge is 2.06. The zero-order valence-corrected chi connectivity index (χ0v) is 29.5. The van der Waals surface area contributed by atoms with Crippen molar-refractivity contribution in [3.8, 4) is 80.5 Å². The lowest BCUT2D eigenvalue weighted by molar-refractivity contribution is 0.458. The molecule has 0 saturated carbocycles. The van der Waals surface area contributed by atoms with Gasteiger partial charge in [0, 0.05) is 0 Å². The fourth-order valence-electron chi connectivity index (χ4n) is 5.38. The topological polar surface area (TPSA) is 64.6 Å². The van der Waals surface area contributed by atoms with Gasteiger partial charge in [-0.1, -0.05) is 36.4 Å². The van der Waals surface area contributed by atoms with Crippen LogP contribution >= 0.6 is 0 Å². The molecule has 0 amide bonds. The molecule has 0 saturated heterocycles. The lowest BCUT2D eigenvalue weighted by atomic mass is 10.3. The first kappa shape index (κ1) is 34.4. The van der Waals surface area contributed by atoms with Gasteiger partial charge in [0.25, 0.3) is 0 Å². The Kier molecular flexibility index (Phi) is 10.5. The van der Waals surface area contributed by atoms with Crippen LogP contribution in [0.4, 0.5) is 0 Å². The molecule has 0 heterocycles. The van der Waals surface area contributed by atoms with E-state index < -0.39 is 0 Å². The van der Waals surface area contributed by atoms with Crippen molar-refractivity contribution in [2.45, 2.75) is 0 Å². The highest BCUT2D eigenvalue weighted by Crippen LogP contribution is 2.33. The van der Waals surface area contributed by atoms with Gasteiger partial charge < -0.3 is 33.2 Å². The molecule has 268 valence electrons. The Morgan fingerprint density at radius 3 is 0.364 bits per heavy atom. The van der Waals surface area contributed by atoms with Gasteiger partial charge in [-0.3, -0.25) is 0 Å². The van der Waals surface area contributed by atoms with Crippen molar-refractivity contribution in [3.05, 3.63) is 206 Å². The molecule has 0 aromatic heterocycles. The molecule has 0 atom stereocenters. The van der Waals surface area contributed by atoms with Crippen molar-refractivity contribution in [1.82, 2.24) is 0 Å². The highest BCUT2D eigenvalue weighted by atomic mass is 16.5. The number of benzene rings is 8. The normalized spacial score (nSPS) is 10.5. The van der Waals surface area contributed by atoms with Crippen LogP contribution in [0, 0.1) is 0 Å². The second-order valence-corrected chi connectivity index (χ2v) is 12.2. The largest absolute Gasteiger partial charge is 0.457 e. The molecular weight excluding hydrogens is 689 g/mol. The molecule has 0 fully saturated rings. The lowest BCUT2D eigenvalue weighted by Crippen LogP contribution is -1.89. The zero-order valence-electron chi connectivity index (χ0n) is 29.5. The van der Waals surface area contributed by atoms with Gasteiger partial charge >= 0.3 is 0 Å². The van der Waals surface area contributed by atoms with Gasteiger partial charge in [-0.2, -0.15) is 0 Å². The van der Waals surface area contributed by atoms with Crippen molar-refractivity contribution in [2.75, 3.05) is 0 Å². The molecule has 8 aromatic carbocycles. The van der Waals surface area contributed by atoms with Gasteiger partial charge in [0.05, 0.1) is 0 Å².